The van der Waals surface area contributed by atoms with Crippen LogP contribution in [-0.2, 0) is 22.7 Å². The second kappa shape index (κ2) is 6.95. The first-order chi connectivity index (χ1) is 12.7. The molecule has 1 atom stereocenters. The van der Waals surface area contributed by atoms with Crippen LogP contribution in [0, 0.1) is 0 Å². The largest absolute Gasteiger partial charge is 0.349 e. The summed E-state index contributed by atoms with van der Waals surface area (Å²) in [5.41, 5.74) is 2.66. The standard InChI is InChI=1S/C19H19N5O2/c25-18(13-24-17-9-5-4-8-16(17)21-22-24)20-15-10-19(26)23(12-15)11-14-6-2-1-3-7-14/h1-9,15H,10-13H2,(H,20,25)/t15-/m0/s1. The summed E-state index contributed by atoms with van der Waals surface area (Å²) < 4.78 is 1.57. The second-order valence-electron chi connectivity index (χ2n) is 6.46. The van der Waals surface area contributed by atoms with Gasteiger partial charge in [-0.3, -0.25) is 9.59 Å². The fourth-order valence-corrected chi connectivity index (χ4v) is 3.27. The summed E-state index contributed by atoms with van der Waals surface area (Å²) in [6.45, 7) is 1.18. The van der Waals surface area contributed by atoms with Gasteiger partial charge in [-0.05, 0) is 17.7 Å². The lowest BCUT2D eigenvalue weighted by molar-refractivity contribution is -0.128. The molecule has 1 saturated heterocycles. The maximum absolute atomic E-state index is 12.4. The number of carbonyl (C=O) groups is 2. The van der Waals surface area contributed by atoms with Crippen molar-refractivity contribution in [2.24, 2.45) is 0 Å². The number of rotatable bonds is 5. The number of nitrogens with zero attached hydrogens (tertiary/aromatic N) is 4. The highest BCUT2D eigenvalue weighted by molar-refractivity contribution is 5.83. The van der Waals surface area contributed by atoms with Crippen LogP contribution in [0.2, 0.25) is 0 Å². The van der Waals surface area contributed by atoms with E-state index in [0.717, 1.165) is 16.6 Å². The van der Waals surface area contributed by atoms with Crippen molar-refractivity contribution in [3.63, 3.8) is 0 Å². The number of carbonyl (C=O) groups excluding carboxylic acids is 2. The molecule has 7 nitrogen and oxygen atoms in total. The van der Waals surface area contributed by atoms with Crippen LogP contribution in [0.25, 0.3) is 11.0 Å². The molecular weight excluding hydrogens is 330 g/mol. The zero-order valence-corrected chi connectivity index (χ0v) is 14.2. The first kappa shape index (κ1) is 16.3. The summed E-state index contributed by atoms with van der Waals surface area (Å²) >= 11 is 0. The Hall–Kier alpha value is -3.22. The average Bonchev–Trinajstić information content (AvgIpc) is 3.20. The summed E-state index contributed by atoms with van der Waals surface area (Å²) in [7, 11) is 0. The predicted octanol–water partition coefficient (Wildman–Crippen LogP) is 1.35. The molecule has 26 heavy (non-hydrogen) atoms. The molecule has 0 spiro atoms. The van der Waals surface area contributed by atoms with Crippen LogP contribution >= 0.6 is 0 Å². The molecule has 1 fully saturated rings. The summed E-state index contributed by atoms with van der Waals surface area (Å²) in [6.07, 6.45) is 0.330. The molecule has 1 aromatic heterocycles. The van der Waals surface area contributed by atoms with Crippen LogP contribution in [0.4, 0.5) is 0 Å². The summed E-state index contributed by atoms with van der Waals surface area (Å²) in [4.78, 5) is 26.3. The fourth-order valence-electron chi connectivity index (χ4n) is 3.27. The van der Waals surface area contributed by atoms with Crippen molar-refractivity contribution in [3.8, 4) is 0 Å². The zero-order valence-electron chi connectivity index (χ0n) is 14.2. The minimum Gasteiger partial charge on any atom is -0.349 e. The van der Waals surface area contributed by atoms with Gasteiger partial charge in [-0.1, -0.05) is 47.7 Å². The lowest BCUT2D eigenvalue weighted by Gasteiger charge is -2.17. The number of likely N-dealkylation sites (tertiary alicyclic amines) is 1. The van der Waals surface area contributed by atoms with Crippen molar-refractivity contribution in [1.82, 2.24) is 25.2 Å². The number of benzene rings is 2. The van der Waals surface area contributed by atoms with Crippen molar-refractivity contribution >= 4 is 22.8 Å². The maximum atomic E-state index is 12.4. The van der Waals surface area contributed by atoms with E-state index in [1.165, 1.54) is 0 Å². The molecule has 1 aliphatic rings. The van der Waals surface area contributed by atoms with Crippen molar-refractivity contribution in [2.45, 2.75) is 25.6 Å². The van der Waals surface area contributed by atoms with Crippen molar-refractivity contribution in [3.05, 3.63) is 60.2 Å². The number of amides is 2. The maximum Gasteiger partial charge on any atom is 0.242 e. The van der Waals surface area contributed by atoms with E-state index < -0.39 is 0 Å². The minimum atomic E-state index is -0.173. The summed E-state index contributed by atoms with van der Waals surface area (Å²) in [5.74, 6) is -0.106. The second-order valence-corrected chi connectivity index (χ2v) is 6.46. The monoisotopic (exact) mass is 349 g/mol. The van der Waals surface area contributed by atoms with Gasteiger partial charge >= 0.3 is 0 Å². The van der Waals surface area contributed by atoms with Crippen molar-refractivity contribution in [2.75, 3.05) is 6.54 Å². The highest BCUT2D eigenvalue weighted by Crippen LogP contribution is 2.15. The van der Waals surface area contributed by atoms with E-state index in [1.807, 2.05) is 54.6 Å². The summed E-state index contributed by atoms with van der Waals surface area (Å²) in [6, 6.07) is 17.2. The van der Waals surface area contributed by atoms with Gasteiger partial charge in [0.25, 0.3) is 0 Å². The number of aromatic nitrogens is 3. The number of hydrogen-bond acceptors (Lipinski definition) is 4. The molecule has 132 valence electrons. The minimum absolute atomic E-state index is 0.0605. The molecule has 4 rings (SSSR count). The lowest BCUT2D eigenvalue weighted by atomic mass is 10.2. The Bertz CT molecular complexity index is 937. The van der Waals surface area contributed by atoms with Gasteiger partial charge in [0.15, 0.2) is 0 Å². The molecule has 0 radical (unpaired) electrons. The normalized spacial score (nSPS) is 17.0. The van der Waals surface area contributed by atoms with Crippen LogP contribution < -0.4 is 5.32 Å². The van der Waals surface area contributed by atoms with E-state index >= 15 is 0 Å². The Morgan fingerprint density at radius 2 is 1.88 bits per heavy atom. The summed E-state index contributed by atoms with van der Waals surface area (Å²) in [5, 5.41) is 11.0. The van der Waals surface area contributed by atoms with Gasteiger partial charge < -0.3 is 10.2 Å². The van der Waals surface area contributed by atoms with Crippen LogP contribution in [0.1, 0.15) is 12.0 Å². The van der Waals surface area contributed by atoms with Gasteiger partial charge in [0.1, 0.15) is 12.1 Å². The van der Waals surface area contributed by atoms with Crippen LogP contribution in [0.3, 0.4) is 0 Å². The molecule has 2 aromatic carbocycles. The van der Waals surface area contributed by atoms with E-state index in [0.29, 0.717) is 19.5 Å². The molecule has 0 bridgehead atoms. The molecule has 0 saturated carbocycles. The number of fused-ring (bicyclic) bond motifs is 1. The Morgan fingerprint density at radius 1 is 1.12 bits per heavy atom. The number of nitrogens with one attached hydrogen (secondary N) is 1. The zero-order chi connectivity index (χ0) is 17.9. The fraction of sp³-hybridized carbons (Fsp3) is 0.263. The Balaban J connectivity index is 1.35. The first-order valence-corrected chi connectivity index (χ1v) is 8.58. The van der Waals surface area contributed by atoms with Gasteiger partial charge in [0.2, 0.25) is 11.8 Å². The average molecular weight is 349 g/mol. The van der Waals surface area contributed by atoms with E-state index in [9.17, 15) is 9.59 Å². The third kappa shape index (κ3) is 3.42. The molecule has 1 aliphatic heterocycles. The topological polar surface area (TPSA) is 80.1 Å². The third-order valence-electron chi connectivity index (χ3n) is 4.51. The third-order valence-corrected chi connectivity index (χ3v) is 4.51. The molecule has 0 unspecified atom stereocenters. The first-order valence-electron chi connectivity index (χ1n) is 8.58. The molecule has 1 N–H and O–H groups in total. The van der Waals surface area contributed by atoms with E-state index in [-0.39, 0.29) is 24.4 Å². The Labute approximate surface area is 150 Å². The molecule has 3 aromatic rings. The van der Waals surface area contributed by atoms with Gasteiger partial charge in [0.05, 0.1) is 11.6 Å². The van der Waals surface area contributed by atoms with Gasteiger partial charge in [-0.25, -0.2) is 4.68 Å². The van der Waals surface area contributed by atoms with Crippen molar-refractivity contribution < 1.29 is 9.59 Å². The number of hydrogen-bond donors (Lipinski definition) is 1. The van der Waals surface area contributed by atoms with Gasteiger partial charge in [0, 0.05) is 19.5 Å². The lowest BCUT2D eigenvalue weighted by Crippen LogP contribution is -2.39. The van der Waals surface area contributed by atoms with Crippen LogP contribution in [-0.4, -0.2) is 44.3 Å². The molecule has 0 aliphatic carbocycles. The van der Waals surface area contributed by atoms with Crippen molar-refractivity contribution in [1.29, 1.82) is 0 Å². The Morgan fingerprint density at radius 3 is 2.73 bits per heavy atom. The Kier molecular flexibility index (Phi) is 4.35. The highest BCUT2D eigenvalue weighted by Gasteiger charge is 2.30. The van der Waals surface area contributed by atoms with Gasteiger partial charge in [-0.15, -0.1) is 5.10 Å². The van der Waals surface area contributed by atoms with Gasteiger partial charge in [-0.2, -0.15) is 0 Å². The number of para-hydroxylation sites is 1. The molecule has 7 heteroatoms. The highest BCUT2D eigenvalue weighted by atomic mass is 16.2. The van der Waals surface area contributed by atoms with E-state index in [4.69, 9.17) is 0 Å². The smallest absolute Gasteiger partial charge is 0.242 e. The van der Waals surface area contributed by atoms with Crippen LogP contribution in [0.15, 0.2) is 54.6 Å². The molecular formula is C19H19N5O2. The predicted molar refractivity (Wildman–Crippen MR) is 95.9 cm³/mol. The molecule has 2 amide bonds. The van der Waals surface area contributed by atoms with E-state index in [1.54, 1.807) is 9.58 Å². The SMILES string of the molecule is O=C(Cn1nnc2ccccc21)N[C@H]1CC(=O)N(Cc2ccccc2)C1. The molecule has 2 heterocycles. The van der Waals surface area contributed by atoms with E-state index in [2.05, 4.69) is 15.6 Å². The quantitative estimate of drug-likeness (QED) is 0.754. The van der Waals surface area contributed by atoms with Crippen LogP contribution in [0.5, 0.6) is 0 Å².